The van der Waals surface area contributed by atoms with Crippen LogP contribution in [0.5, 0.6) is 0 Å². The highest BCUT2D eigenvalue weighted by Gasteiger charge is 2.39. The summed E-state index contributed by atoms with van der Waals surface area (Å²) in [5.41, 5.74) is -2.33. The quantitative estimate of drug-likeness (QED) is 0.798. The largest absolute Gasteiger partial charge is 0.416 e. The van der Waals surface area contributed by atoms with Gasteiger partial charge in [0.25, 0.3) is 0 Å². The van der Waals surface area contributed by atoms with Crippen LogP contribution < -0.4 is 0 Å². The number of benzene rings is 2. The first-order chi connectivity index (χ1) is 12.5. The molecule has 4 nitrogen and oxygen atoms in total. The minimum Gasteiger partial charge on any atom is -0.385 e. The van der Waals surface area contributed by atoms with E-state index in [-0.39, 0.29) is 36.4 Å². The molecule has 0 spiro atoms. The van der Waals surface area contributed by atoms with Gasteiger partial charge in [0, 0.05) is 13.1 Å². The predicted octanol–water partition coefficient (Wildman–Crippen LogP) is 3.52. The Morgan fingerprint density at radius 3 is 2.22 bits per heavy atom. The second-order valence-electron chi connectivity index (χ2n) is 6.47. The molecule has 1 aliphatic rings. The van der Waals surface area contributed by atoms with Crippen molar-refractivity contribution in [3.8, 4) is 0 Å². The zero-order valence-corrected chi connectivity index (χ0v) is 14.9. The van der Waals surface area contributed by atoms with Gasteiger partial charge in [0.2, 0.25) is 10.0 Å². The Balaban J connectivity index is 1.80. The van der Waals surface area contributed by atoms with Crippen LogP contribution in [0.1, 0.15) is 24.0 Å². The van der Waals surface area contributed by atoms with E-state index in [0.717, 1.165) is 28.6 Å². The molecule has 0 amide bonds. The van der Waals surface area contributed by atoms with E-state index in [0.29, 0.717) is 0 Å². The first-order valence-electron chi connectivity index (χ1n) is 8.18. The van der Waals surface area contributed by atoms with Crippen LogP contribution in [-0.2, 0) is 21.8 Å². The van der Waals surface area contributed by atoms with Crippen molar-refractivity contribution >= 4 is 10.0 Å². The molecule has 0 atom stereocenters. The molecule has 0 unspecified atom stereocenters. The van der Waals surface area contributed by atoms with Gasteiger partial charge in [-0.15, -0.1) is 0 Å². The van der Waals surface area contributed by atoms with E-state index in [1.807, 2.05) is 0 Å². The van der Waals surface area contributed by atoms with Crippen molar-refractivity contribution in [1.29, 1.82) is 0 Å². The topological polar surface area (TPSA) is 57.6 Å². The molecule has 0 saturated carbocycles. The van der Waals surface area contributed by atoms with Crippen LogP contribution in [0.3, 0.4) is 0 Å². The van der Waals surface area contributed by atoms with Crippen LogP contribution in [0.25, 0.3) is 0 Å². The van der Waals surface area contributed by atoms with Gasteiger partial charge in [-0.05, 0) is 48.7 Å². The van der Waals surface area contributed by atoms with Crippen molar-refractivity contribution in [2.75, 3.05) is 13.1 Å². The zero-order chi connectivity index (χ0) is 19.9. The van der Waals surface area contributed by atoms with Crippen LogP contribution in [0.4, 0.5) is 17.6 Å². The molecule has 27 heavy (non-hydrogen) atoms. The lowest BCUT2D eigenvalue weighted by molar-refractivity contribution is -0.137. The smallest absolute Gasteiger partial charge is 0.385 e. The monoisotopic (exact) mass is 403 g/mol. The van der Waals surface area contributed by atoms with E-state index in [1.54, 1.807) is 0 Å². The van der Waals surface area contributed by atoms with E-state index in [1.165, 1.54) is 24.3 Å². The fraction of sp³-hybridized carbons (Fsp3) is 0.333. The van der Waals surface area contributed by atoms with Gasteiger partial charge in [0.1, 0.15) is 5.82 Å². The van der Waals surface area contributed by atoms with Crippen molar-refractivity contribution in [3.63, 3.8) is 0 Å². The van der Waals surface area contributed by atoms with Gasteiger partial charge in [-0.3, -0.25) is 0 Å². The summed E-state index contributed by atoms with van der Waals surface area (Å²) in [5, 5.41) is 10.8. The Bertz CT molecular complexity index is 936. The Morgan fingerprint density at radius 1 is 1.00 bits per heavy atom. The summed E-state index contributed by atoms with van der Waals surface area (Å²) >= 11 is 0. The highest BCUT2D eigenvalue weighted by molar-refractivity contribution is 7.89. The first-order valence-corrected chi connectivity index (χ1v) is 9.62. The van der Waals surface area contributed by atoms with Crippen molar-refractivity contribution in [1.82, 2.24) is 4.31 Å². The number of hydrogen-bond acceptors (Lipinski definition) is 3. The molecule has 1 N–H and O–H groups in total. The number of alkyl halides is 3. The van der Waals surface area contributed by atoms with Crippen molar-refractivity contribution in [3.05, 3.63) is 65.5 Å². The van der Waals surface area contributed by atoms with Gasteiger partial charge >= 0.3 is 6.18 Å². The molecule has 2 aromatic carbocycles. The summed E-state index contributed by atoms with van der Waals surface area (Å²) < 4.78 is 78.3. The average Bonchev–Trinajstić information content (AvgIpc) is 2.61. The maximum Gasteiger partial charge on any atom is 0.416 e. The summed E-state index contributed by atoms with van der Waals surface area (Å²) in [7, 11) is -3.95. The minimum absolute atomic E-state index is 0.0666. The third-order valence-electron chi connectivity index (χ3n) is 4.71. The summed E-state index contributed by atoms with van der Waals surface area (Å²) in [6, 6.07) is 8.99. The van der Waals surface area contributed by atoms with Crippen molar-refractivity contribution < 1.29 is 31.1 Å². The molecule has 1 fully saturated rings. The summed E-state index contributed by atoms with van der Waals surface area (Å²) in [6.45, 7) is -0.183. The number of rotatable bonds is 3. The molecule has 0 aliphatic carbocycles. The SMILES string of the molecule is O=S(=O)(c1cccc(F)c1)N1CCC(O)(c2cccc(C(F)(F)F)c2)CC1. The normalized spacial score (nSPS) is 18.4. The number of halogens is 4. The molecule has 1 heterocycles. The molecule has 9 heteroatoms. The Labute approximate surface area is 154 Å². The van der Waals surface area contributed by atoms with Gasteiger partial charge in [-0.1, -0.05) is 18.2 Å². The first kappa shape index (κ1) is 19.8. The van der Waals surface area contributed by atoms with Crippen LogP contribution in [-0.4, -0.2) is 30.9 Å². The van der Waals surface area contributed by atoms with E-state index in [4.69, 9.17) is 0 Å². The molecule has 0 radical (unpaired) electrons. The summed E-state index contributed by atoms with van der Waals surface area (Å²) in [4.78, 5) is -0.202. The maximum atomic E-state index is 13.3. The minimum atomic E-state index is -4.53. The van der Waals surface area contributed by atoms with E-state index in [2.05, 4.69) is 0 Å². The molecule has 3 rings (SSSR count). The van der Waals surface area contributed by atoms with Gasteiger partial charge in [-0.2, -0.15) is 17.5 Å². The lowest BCUT2D eigenvalue weighted by Gasteiger charge is -2.38. The highest BCUT2D eigenvalue weighted by atomic mass is 32.2. The number of sulfonamides is 1. The number of piperidine rings is 1. The van der Waals surface area contributed by atoms with Crippen LogP contribution in [0.15, 0.2) is 53.4 Å². The molecule has 1 saturated heterocycles. The van der Waals surface area contributed by atoms with Crippen molar-refractivity contribution in [2.24, 2.45) is 0 Å². The number of hydrogen-bond donors (Lipinski definition) is 1. The van der Waals surface area contributed by atoms with E-state index >= 15 is 0 Å². The second-order valence-corrected chi connectivity index (χ2v) is 8.41. The van der Waals surface area contributed by atoms with Crippen LogP contribution in [0.2, 0.25) is 0 Å². The van der Waals surface area contributed by atoms with Gasteiger partial charge in [-0.25, -0.2) is 12.8 Å². The Morgan fingerprint density at radius 2 is 1.63 bits per heavy atom. The average molecular weight is 403 g/mol. The Kier molecular flexibility index (Phi) is 5.04. The van der Waals surface area contributed by atoms with E-state index in [9.17, 15) is 31.1 Å². The molecule has 0 aromatic heterocycles. The zero-order valence-electron chi connectivity index (χ0n) is 14.1. The predicted molar refractivity (Wildman–Crippen MR) is 89.7 cm³/mol. The lowest BCUT2D eigenvalue weighted by atomic mass is 9.84. The van der Waals surface area contributed by atoms with E-state index < -0.39 is 33.2 Å². The molecule has 146 valence electrons. The number of aliphatic hydroxyl groups is 1. The number of nitrogens with zero attached hydrogens (tertiary/aromatic N) is 1. The molecular formula is C18H17F4NO3S. The van der Waals surface area contributed by atoms with Gasteiger partial charge in [0.15, 0.2) is 0 Å². The maximum absolute atomic E-state index is 13.3. The lowest BCUT2D eigenvalue weighted by Crippen LogP contribution is -2.45. The third kappa shape index (κ3) is 3.99. The summed E-state index contributed by atoms with van der Waals surface area (Å²) in [6.07, 6.45) is -4.67. The summed E-state index contributed by atoms with van der Waals surface area (Å²) in [5.74, 6) is -0.687. The third-order valence-corrected chi connectivity index (χ3v) is 6.61. The highest BCUT2D eigenvalue weighted by Crippen LogP contribution is 2.37. The van der Waals surface area contributed by atoms with Crippen LogP contribution in [0, 0.1) is 5.82 Å². The molecule has 1 aliphatic heterocycles. The molecule has 0 bridgehead atoms. The fourth-order valence-corrected chi connectivity index (χ4v) is 4.62. The van der Waals surface area contributed by atoms with Crippen molar-refractivity contribution in [2.45, 2.75) is 29.5 Å². The molecular weight excluding hydrogens is 386 g/mol. The standard InChI is InChI=1S/C18H17F4NO3S/c19-15-5-2-6-16(12-15)27(25,26)23-9-7-17(24,8-10-23)13-3-1-4-14(11-13)18(20,21)22/h1-6,11-12,24H,7-10H2. The van der Waals surface area contributed by atoms with Gasteiger partial charge < -0.3 is 5.11 Å². The Hall–Kier alpha value is -1.97. The van der Waals surface area contributed by atoms with Crippen LogP contribution >= 0.6 is 0 Å². The van der Waals surface area contributed by atoms with Gasteiger partial charge in [0.05, 0.1) is 16.1 Å². The fourth-order valence-electron chi connectivity index (χ4n) is 3.15. The molecule has 2 aromatic rings. The second kappa shape index (κ2) is 6.88.